The number of aryl methyl sites for hydroxylation is 2. The number of tetrazole rings is 1. The zero-order valence-corrected chi connectivity index (χ0v) is 17.3. The van der Waals surface area contributed by atoms with E-state index in [0.717, 1.165) is 43.5 Å². The SMILES string of the molecule is CC(C)S(=O)(=O)CC1CCC(CCc2ccc(-c3nnnn3C)cc2)CC1. The van der Waals surface area contributed by atoms with Gasteiger partial charge in [0.2, 0.25) is 0 Å². The van der Waals surface area contributed by atoms with Crippen LogP contribution in [0.15, 0.2) is 24.3 Å². The van der Waals surface area contributed by atoms with Gasteiger partial charge in [-0.05, 0) is 67.4 Å². The minimum atomic E-state index is -2.91. The van der Waals surface area contributed by atoms with Gasteiger partial charge >= 0.3 is 0 Å². The van der Waals surface area contributed by atoms with E-state index in [1.165, 1.54) is 12.0 Å². The summed E-state index contributed by atoms with van der Waals surface area (Å²) in [5.41, 5.74) is 2.36. The highest BCUT2D eigenvalue weighted by molar-refractivity contribution is 7.91. The monoisotopic (exact) mass is 390 g/mol. The summed E-state index contributed by atoms with van der Waals surface area (Å²) in [6, 6.07) is 8.47. The number of aromatic nitrogens is 4. The smallest absolute Gasteiger partial charge is 0.181 e. The number of benzene rings is 1. The van der Waals surface area contributed by atoms with E-state index in [0.29, 0.717) is 17.6 Å². The summed E-state index contributed by atoms with van der Waals surface area (Å²) in [5, 5.41) is 11.3. The van der Waals surface area contributed by atoms with Crippen molar-refractivity contribution in [3.8, 4) is 11.4 Å². The highest BCUT2D eigenvalue weighted by Gasteiger charge is 2.27. The zero-order chi connectivity index (χ0) is 19.4. The van der Waals surface area contributed by atoms with E-state index >= 15 is 0 Å². The number of rotatable bonds is 7. The van der Waals surface area contributed by atoms with Crippen LogP contribution in [0.1, 0.15) is 51.5 Å². The maximum Gasteiger partial charge on any atom is 0.181 e. The lowest BCUT2D eigenvalue weighted by Gasteiger charge is -2.28. The molecule has 0 spiro atoms. The van der Waals surface area contributed by atoms with E-state index in [4.69, 9.17) is 0 Å². The van der Waals surface area contributed by atoms with Gasteiger partial charge in [0.1, 0.15) is 0 Å². The van der Waals surface area contributed by atoms with E-state index < -0.39 is 9.84 Å². The molecular weight excluding hydrogens is 360 g/mol. The first kappa shape index (κ1) is 20.0. The first-order valence-corrected chi connectivity index (χ1v) is 11.6. The molecule has 1 fully saturated rings. The first-order valence-electron chi connectivity index (χ1n) is 9.88. The lowest BCUT2D eigenvalue weighted by Crippen LogP contribution is -2.26. The Morgan fingerprint density at radius 1 is 1.07 bits per heavy atom. The molecule has 1 aliphatic carbocycles. The lowest BCUT2D eigenvalue weighted by molar-refractivity contribution is 0.278. The number of sulfone groups is 1. The Bertz CT molecular complexity index is 835. The van der Waals surface area contributed by atoms with Gasteiger partial charge in [0.05, 0.1) is 11.0 Å². The molecule has 1 saturated carbocycles. The third-order valence-corrected chi connectivity index (χ3v) is 8.20. The van der Waals surface area contributed by atoms with Crippen molar-refractivity contribution in [3.63, 3.8) is 0 Å². The van der Waals surface area contributed by atoms with Crippen LogP contribution in [-0.4, -0.2) is 39.6 Å². The van der Waals surface area contributed by atoms with Crippen LogP contribution in [0.25, 0.3) is 11.4 Å². The van der Waals surface area contributed by atoms with Crippen LogP contribution in [0.2, 0.25) is 0 Å². The second-order valence-electron chi connectivity index (χ2n) is 8.13. The fraction of sp³-hybridized carbons (Fsp3) is 0.650. The van der Waals surface area contributed by atoms with E-state index in [9.17, 15) is 8.42 Å². The minimum Gasteiger partial charge on any atom is -0.229 e. The number of nitrogens with zero attached hydrogens (tertiary/aromatic N) is 4. The highest BCUT2D eigenvalue weighted by atomic mass is 32.2. The van der Waals surface area contributed by atoms with Crippen molar-refractivity contribution < 1.29 is 8.42 Å². The van der Waals surface area contributed by atoms with Crippen LogP contribution in [0.3, 0.4) is 0 Å². The molecule has 1 aromatic carbocycles. The predicted octanol–water partition coefficient (Wildman–Crippen LogP) is 3.44. The normalized spacial score (nSPS) is 20.9. The van der Waals surface area contributed by atoms with Crippen molar-refractivity contribution in [3.05, 3.63) is 29.8 Å². The van der Waals surface area contributed by atoms with Gasteiger partial charge in [0.25, 0.3) is 0 Å². The summed E-state index contributed by atoms with van der Waals surface area (Å²) in [5.74, 6) is 2.21. The molecular formula is C20H30N4O2S. The fourth-order valence-electron chi connectivity index (χ4n) is 3.87. The van der Waals surface area contributed by atoms with E-state index in [1.807, 2.05) is 7.05 Å². The molecule has 0 unspecified atom stereocenters. The molecule has 148 valence electrons. The first-order chi connectivity index (χ1) is 12.8. The Balaban J connectivity index is 1.46. The molecule has 7 heteroatoms. The average molecular weight is 391 g/mol. The van der Waals surface area contributed by atoms with E-state index in [-0.39, 0.29) is 5.25 Å². The summed E-state index contributed by atoms with van der Waals surface area (Å²) in [7, 11) is -1.07. The summed E-state index contributed by atoms with van der Waals surface area (Å²) >= 11 is 0. The Kier molecular flexibility index (Phi) is 6.29. The van der Waals surface area contributed by atoms with Gasteiger partial charge in [0, 0.05) is 12.6 Å². The Morgan fingerprint density at radius 2 is 1.70 bits per heavy atom. The van der Waals surface area contributed by atoms with Crippen LogP contribution >= 0.6 is 0 Å². The molecule has 0 amide bonds. The Morgan fingerprint density at radius 3 is 2.26 bits per heavy atom. The van der Waals surface area contributed by atoms with Crippen LogP contribution in [0, 0.1) is 11.8 Å². The van der Waals surface area contributed by atoms with Crippen LogP contribution in [-0.2, 0) is 23.3 Å². The maximum absolute atomic E-state index is 12.1. The molecule has 0 atom stereocenters. The Labute approximate surface area is 162 Å². The third-order valence-electron chi connectivity index (χ3n) is 5.83. The van der Waals surface area contributed by atoms with Gasteiger partial charge < -0.3 is 0 Å². The number of hydrogen-bond donors (Lipinski definition) is 0. The molecule has 0 saturated heterocycles. The third kappa shape index (κ3) is 5.15. The van der Waals surface area contributed by atoms with Crippen molar-refractivity contribution in [1.29, 1.82) is 0 Å². The number of hydrogen-bond acceptors (Lipinski definition) is 5. The van der Waals surface area contributed by atoms with Gasteiger partial charge in [0.15, 0.2) is 15.7 Å². The lowest BCUT2D eigenvalue weighted by atomic mass is 9.80. The predicted molar refractivity (Wildman–Crippen MR) is 107 cm³/mol. The standard InChI is InChI=1S/C20H30N4O2S/c1-15(2)27(25,26)14-18-8-6-16(7-9-18)4-5-17-10-12-19(13-11-17)20-21-22-23-24(20)3/h10-13,15-16,18H,4-9,14H2,1-3H3. The quantitative estimate of drug-likeness (QED) is 0.724. The highest BCUT2D eigenvalue weighted by Crippen LogP contribution is 2.33. The topological polar surface area (TPSA) is 77.7 Å². The van der Waals surface area contributed by atoms with Gasteiger partial charge in [-0.3, -0.25) is 0 Å². The van der Waals surface area contributed by atoms with Gasteiger partial charge in [-0.2, -0.15) is 0 Å². The molecule has 1 aliphatic rings. The molecule has 0 aliphatic heterocycles. The second kappa shape index (κ2) is 8.50. The van der Waals surface area contributed by atoms with Crippen molar-refractivity contribution >= 4 is 9.84 Å². The van der Waals surface area contributed by atoms with Crippen LogP contribution < -0.4 is 0 Å². The summed E-state index contributed by atoms with van der Waals surface area (Å²) in [6.45, 7) is 3.57. The maximum atomic E-state index is 12.1. The molecule has 1 heterocycles. The molecule has 2 aromatic rings. The van der Waals surface area contributed by atoms with Crippen LogP contribution in [0.5, 0.6) is 0 Å². The molecule has 0 radical (unpaired) electrons. The molecule has 6 nitrogen and oxygen atoms in total. The minimum absolute atomic E-state index is 0.254. The fourth-order valence-corrected chi connectivity index (χ4v) is 5.25. The van der Waals surface area contributed by atoms with Crippen molar-refractivity contribution in [2.24, 2.45) is 18.9 Å². The second-order valence-corrected chi connectivity index (χ2v) is 10.7. The molecule has 0 N–H and O–H groups in total. The molecule has 1 aromatic heterocycles. The van der Waals surface area contributed by atoms with Crippen molar-refractivity contribution in [2.45, 2.75) is 57.6 Å². The summed E-state index contributed by atoms with van der Waals surface area (Å²) in [4.78, 5) is 0. The van der Waals surface area contributed by atoms with E-state index in [2.05, 4.69) is 39.8 Å². The largest absolute Gasteiger partial charge is 0.229 e. The van der Waals surface area contributed by atoms with Gasteiger partial charge in [-0.1, -0.05) is 37.1 Å². The van der Waals surface area contributed by atoms with Crippen molar-refractivity contribution in [2.75, 3.05) is 5.75 Å². The van der Waals surface area contributed by atoms with E-state index in [1.54, 1.807) is 18.5 Å². The molecule has 0 bridgehead atoms. The summed E-state index contributed by atoms with van der Waals surface area (Å²) < 4.78 is 25.9. The summed E-state index contributed by atoms with van der Waals surface area (Å²) in [6.07, 6.45) is 6.65. The van der Waals surface area contributed by atoms with Crippen molar-refractivity contribution in [1.82, 2.24) is 20.2 Å². The van der Waals surface area contributed by atoms with Gasteiger partial charge in [-0.25, -0.2) is 13.1 Å². The van der Waals surface area contributed by atoms with Crippen LogP contribution in [0.4, 0.5) is 0 Å². The molecule has 3 rings (SSSR count). The zero-order valence-electron chi connectivity index (χ0n) is 16.5. The van der Waals surface area contributed by atoms with Gasteiger partial charge in [-0.15, -0.1) is 5.10 Å². The average Bonchev–Trinajstić information content (AvgIpc) is 3.07. The Hall–Kier alpha value is -1.76. The molecule has 27 heavy (non-hydrogen) atoms.